The van der Waals surface area contributed by atoms with Crippen molar-refractivity contribution >= 4 is 33.9 Å². The van der Waals surface area contributed by atoms with Gasteiger partial charge in [0.1, 0.15) is 0 Å². The van der Waals surface area contributed by atoms with Crippen molar-refractivity contribution in [3.63, 3.8) is 0 Å². The summed E-state index contributed by atoms with van der Waals surface area (Å²) < 4.78 is 7.04. The average molecular weight is 334 g/mol. The quantitative estimate of drug-likeness (QED) is 0.459. The number of hydrogen-bond donors (Lipinski definition) is 2. The molecule has 7 heteroatoms. The molecule has 0 radical (unpaired) electrons. The largest absolute Gasteiger partial charge is 0.493 e. The monoisotopic (exact) mass is 334 g/mol. The third-order valence-electron chi connectivity index (χ3n) is 3.42. The molecule has 23 heavy (non-hydrogen) atoms. The lowest BCUT2D eigenvalue weighted by atomic mass is 10.2. The van der Waals surface area contributed by atoms with Crippen molar-refractivity contribution < 1.29 is 9.84 Å². The van der Waals surface area contributed by atoms with Gasteiger partial charge >= 0.3 is 0 Å². The van der Waals surface area contributed by atoms with Gasteiger partial charge in [-0.15, -0.1) is 10.2 Å². The maximum atomic E-state index is 10.3. The van der Waals surface area contributed by atoms with E-state index in [-0.39, 0.29) is 5.88 Å². The highest BCUT2D eigenvalue weighted by Crippen LogP contribution is 2.38. The first kappa shape index (κ1) is 17.4. The fourth-order valence-corrected chi connectivity index (χ4v) is 2.48. The molecule has 0 saturated carbocycles. The second kappa shape index (κ2) is 8.59. The SMILES string of the molecule is CCOCCCNC(=S)N=Nc1c(O)n(CC)c2ccccc12. The molecule has 0 atom stereocenters. The van der Waals surface area contributed by atoms with Crippen molar-refractivity contribution in [2.24, 2.45) is 10.2 Å². The van der Waals surface area contributed by atoms with Crippen molar-refractivity contribution in [3.8, 4) is 5.88 Å². The second-order valence-corrected chi connectivity index (χ2v) is 5.30. The Labute approximate surface area is 141 Å². The average Bonchev–Trinajstić information content (AvgIpc) is 2.83. The highest BCUT2D eigenvalue weighted by atomic mass is 32.1. The van der Waals surface area contributed by atoms with Crippen molar-refractivity contribution in [2.45, 2.75) is 26.8 Å². The van der Waals surface area contributed by atoms with Crippen LogP contribution in [-0.4, -0.2) is 34.5 Å². The topological polar surface area (TPSA) is 71.1 Å². The summed E-state index contributed by atoms with van der Waals surface area (Å²) in [5.74, 6) is 0.108. The van der Waals surface area contributed by atoms with Gasteiger partial charge in [-0.3, -0.25) is 0 Å². The van der Waals surface area contributed by atoms with E-state index in [1.54, 1.807) is 4.57 Å². The first-order valence-corrected chi connectivity index (χ1v) is 8.17. The number of aryl methyl sites for hydroxylation is 1. The van der Waals surface area contributed by atoms with Crippen LogP contribution in [0.15, 0.2) is 34.5 Å². The van der Waals surface area contributed by atoms with E-state index in [2.05, 4.69) is 15.5 Å². The molecule has 0 aliphatic heterocycles. The first-order chi connectivity index (χ1) is 11.2. The van der Waals surface area contributed by atoms with Crippen molar-refractivity contribution in [3.05, 3.63) is 24.3 Å². The molecule has 0 saturated heterocycles. The fraction of sp³-hybridized carbons (Fsp3) is 0.438. The number of thiocarbonyl (C=S) groups is 1. The molecule has 0 unspecified atom stereocenters. The fourth-order valence-electron chi connectivity index (χ4n) is 2.33. The lowest BCUT2D eigenvalue weighted by Crippen LogP contribution is -2.21. The van der Waals surface area contributed by atoms with Crippen molar-refractivity contribution in [2.75, 3.05) is 19.8 Å². The molecule has 124 valence electrons. The zero-order chi connectivity index (χ0) is 16.7. The zero-order valence-corrected chi connectivity index (χ0v) is 14.3. The van der Waals surface area contributed by atoms with Gasteiger partial charge in [-0.2, -0.15) is 0 Å². The molecule has 0 aliphatic rings. The van der Waals surface area contributed by atoms with Gasteiger partial charge in [0.25, 0.3) is 0 Å². The van der Waals surface area contributed by atoms with E-state index in [4.69, 9.17) is 17.0 Å². The summed E-state index contributed by atoms with van der Waals surface area (Å²) in [5, 5.41) is 22.6. The van der Waals surface area contributed by atoms with Gasteiger partial charge in [0.05, 0.1) is 5.52 Å². The Morgan fingerprint density at radius 2 is 2.13 bits per heavy atom. The van der Waals surface area contributed by atoms with Gasteiger partial charge in [0.2, 0.25) is 11.0 Å². The smallest absolute Gasteiger partial charge is 0.220 e. The second-order valence-electron chi connectivity index (χ2n) is 4.92. The molecule has 0 fully saturated rings. The highest BCUT2D eigenvalue weighted by Gasteiger charge is 2.15. The molecule has 2 rings (SSSR count). The minimum atomic E-state index is 0.108. The summed E-state index contributed by atoms with van der Waals surface area (Å²) in [7, 11) is 0. The van der Waals surface area contributed by atoms with Crippen LogP contribution in [0, 0.1) is 0 Å². The molecule has 0 bridgehead atoms. The van der Waals surface area contributed by atoms with Crippen LogP contribution in [0.3, 0.4) is 0 Å². The number of hydrogen-bond acceptors (Lipinski definition) is 4. The van der Waals surface area contributed by atoms with Crippen molar-refractivity contribution in [1.29, 1.82) is 0 Å². The van der Waals surface area contributed by atoms with E-state index < -0.39 is 0 Å². The van der Waals surface area contributed by atoms with E-state index in [0.717, 1.165) is 17.3 Å². The number of aromatic hydroxyl groups is 1. The predicted molar refractivity (Wildman–Crippen MR) is 95.5 cm³/mol. The van der Waals surface area contributed by atoms with Gasteiger partial charge < -0.3 is 19.7 Å². The van der Waals surface area contributed by atoms with Gasteiger partial charge in [0.15, 0.2) is 5.69 Å². The van der Waals surface area contributed by atoms with Crippen LogP contribution in [0.4, 0.5) is 5.69 Å². The van der Waals surface area contributed by atoms with E-state index in [9.17, 15) is 5.11 Å². The zero-order valence-electron chi connectivity index (χ0n) is 13.5. The maximum absolute atomic E-state index is 10.3. The lowest BCUT2D eigenvalue weighted by molar-refractivity contribution is 0.146. The summed E-state index contributed by atoms with van der Waals surface area (Å²) in [5.41, 5.74) is 1.37. The summed E-state index contributed by atoms with van der Waals surface area (Å²) in [6, 6.07) is 7.69. The standard InChI is InChI=1S/C16H22N4O2S/c1-3-20-13-9-6-5-8-12(13)14(15(20)21)18-19-16(23)17-10-7-11-22-4-2/h5-6,8-9,21H,3-4,7,10-11H2,1-2H3,(H,17,23). The van der Waals surface area contributed by atoms with Crippen LogP contribution in [-0.2, 0) is 11.3 Å². The Morgan fingerprint density at radius 3 is 2.87 bits per heavy atom. The van der Waals surface area contributed by atoms with Crippen LogP contribution < -0.4 is 5.32 Å². The molecule has 0 aliphatic carbocycles. The number of rotatable bonds is 7. The summed E-state index contributed by atoms with van der Waals surface area (Å²) in [4.78, 5) is 0. The van der Waals surface area contributed by atoms with Gasteiger partial charge in [-0.25, -0.2) is 0 Å². The Bertz CT molecular complexity index is 697. The third-order valence-corrected chi connectivity index (χ3v) is 3.65. The number of benzene rings is 1. The van der Waals surface area contributed by atoms with Crippen LogP contribution in [0.2, 0.25) is 0 Å². The number of fused-ring (bicyclic) bond motifs is 1. The third kappa shape index (κ3) is 4.27. The number of para-hydroxylation sites is 1. The number of nitrogens with zero attached hydrogens (tertiary/aromatic N) is 3. The van der Waals surface area contributed by atoms with Crippen LogP contribution in [0.5, 0.6) is 5.88 Å². The Kier molecular flexibility index (Phi) is 6.49. The van der Waals surface area contributed by atoms with Gasteiger partial charge in [-0.1, -0.05) is 18.2 Å². The Balaban J connectivity index is 2.06. The van der Waals surface area contributed by atoms with E-state index >= 15 is 0 Å². The molecule has 6 nitrogen and oxygen atoms in total. The Hall–Kier alpha value is -1.99. The summed E-state index contributed by atoms with van der Waals surface area (Å²) in [6.07, 6.45) is 0.851. The number of ether oxygens (including phenoxy) is 1. The molecule has 0 spiro atoms. The van der Waals surface area contributed by atoms with Crippen LogP contribution >= 0.6 is 12.2 Å². The molecule has 0 amide bonds. The molecule has 1 aromatic carbocycles. The predicted octanol–water partition coefficient (Wildman–Crippen LogP) is 3.75. The highest BCUT2D eigenvalue weighted by molar-refractivity contribution is 7.80. The number of nitrogens with one attached hydrogen (secondary N) is 1. The minimum absolute atomic E-state index is 0.108. The van der Waals surface area contributed by atoms with Crippen molar-refractivity contribution in [1.82, 2.24) is 9.88 Å². The van der Waals surface area contributed by atoms with E-state index in [1.807, 2.05) is 38.1 Å². The Morgan fingerprint density at radius 1 is 1.35 bits per heavy atom. The van der Waals surface area contributed by atoms with Crippen LogP contribution in [0.1, 0.15) is 20.3 Å². The maximum Gasteiger partial charge on any atom is 0.220 e. The number of aromatic nitrogens is 1. The molecule has 1 heterocycles. The molecular formula is C16H22N4O2S. The van der Waals surface area contributed by atoms with Crippen LogP contribution in [0.25, 0.3) is 10.9 Å². The minimum Gasteiger partial charge on any atom is -0.493 e. The summed E-state index contributed by atoms with van der Waals surface area (Å²) >= 11 is 5.13. The van der Waals surface area contributed by atoms with E-state index in [0.29, 0.717) is 37.1 Å². The molecular weight excluding hydrogens is 312 g/mol. The molecule has 1 aromatic heterocycles. The van der Waals surface area contributed by atoms with Gasteiger partial charge in [0, 0.05) is 31.7 Å². The van der Waals surface area contributed by atoms with Gasteiger partial charge in [-0.05, 0) is 38.6 Å². The molecule has 2 aromatic rings. The normalized spacial score (nSPS) is 11.4. The number of azo groups is 1. The molecule has 2 N–H and O–H groups in total. The lowest BCUT2D eigenvalue weighted by Gasteiger charge is -2.03. The summed E-state index contributed by atoms with van der Waals surface area (Å²) in [6.45, 7) is 6.67. The van der Waals surface area contributed by atoms with E-state index in [1.165, 1.54) is 0 Å². The first-order valence-electron chi connectivity index (χ1n) is 7.76.